The van der Waals surface area contributed by atoms with Gasteiger partial charge in [-0.1, -0.05) is 55.4 Å². The van der Waals surface area contributed by atoms with Crippen molar-refractivity contribution in [1.82, 2.24) is 4.90 Å². The van der Waals surface area contributed by atoms with Crippen LogP contribution in [0.25, 0.3) is 0 Å². The van der Waals surface area contributed by atoms with E-state index in [1.54, 1.807) is 48.5 Å². The molecule has 4 aliphatic rings. The van der Waals surface area contributed by atoms with Gasteiger partial charge < -0.3 is 48.9 Å². The molecule has 0 spiro atoms. The Kier molecular flexibility index (Phi) is 17.2. The molecule has 3 N–H and O–H groups in total. The number of esters is 2. The molecule has 1 amide bonds. The smallest absolute Gasteiger partial charge is 0.405 e. The minimum atomic E-state index is -1.56. The number of ketones is 1. The number of rotatable bonds is 7. The van der Waals surface area contributed by atoms with E-state index in [9.17, 15) is 24.3 Å². The Balaban J connectivity index is 0.00000870. The minimum absolute atomic E-state index is 0. The number of Topliss-reactive ketones (excluding diaryl/α,β-unsaturated/α-hetero) is 1. The summed E-state index contributed by atoms with van der Waals surface area (Å²) in [5.41, 5.74) is 2.37. The molecule has 3 unspecified atom stereocenters. The fraction of sp³-hybridized carbons (Fsp3) is 0.905. The number of carbonyl (C=O) groups is 4. The van der Waals surface area contributed by atoms with Gasteiger partial charge in [-0.25, -0.2) is 4.79 Å². The van der Waals surface area contributed by atoms with Gasteiger partial charge in [0.05, 0.1) is 36.3 Å². The molecule has 0 aromatic heterocycles. The Labute approximate surface area is 376 Å². The molecule has 0 aromatic carbocycles. The van der Waals surface area contributed by atoms with Gasteiger partial charge in [0.25, 0.3) is 0 Å². The van der Waals surface area contributed by atoms with Gasteiger partial charge in [-0.05, 0) is 73.4 Å². The first-order valence-electron chi connectivity index (χ1n) is 20.7. The van der Waals surface area contributed by atoms with Crippen molar-refractivity contribution in [3.63, 3.8) is 0 Å². The van der Waals surface area contributed by atoms with E-state index in [0.29, 0.717) is 12.8 Å². The molecule has 4 heterocycles. The van der Waals surface area contributed by atoms with Crippen LogP contribution in [0.2, 0.25) is 0 Å². The first-order valence-corrected chi connectivity index (χ1v) is 20.7. The number of amides is 1. The maximum atomic E-state index is 14.6. The quantitative estimate of drug-likeness (QED) is 0.250. The summed E-state index contributed by atoms with van der Waals surface area (Å²) in [4.78, 5) is 57.5. The van der Waals surface area contributed by atoms with E-state index < -0.39 is 113 Å². The van der Waals surface area contributed by atoms with Crippen LogP contribution in [-0.4, -0.2) is 114 Å². The molecule has 0 saturated carbocycles. The molecule has 15 heteroatoms. The SMILES string of the molecule is CC[C@H]1OC(=O)[C@H](C)[C@@H](O[C@H]2CC(C)(C)[C@@H](O)[C@H](C)O2)[C@H](C)[C@@H](O[C@@H]2O[C@H](C)C[C@H](N(C)C)[C@H]2C)[C@](C)(OC(N)=O)C[C@@H](C)C(=O)C(C)C2C(C)C(=O)O[C@@]21C.[Ac]. The summed E-state index contributed by atoms with van der Waals surface area (Å²) in [5, 5.41) is 11.0. The summed E-state index contributed by atoms with van der Waals surface area (Å²) in [6, 6.07) is 0.0904. The monoisotopic (exact) mass is 1020 g/mol. The van der Waals surface area contributed by atoms with E-state index in [-0.39, 0.29) is 74.3 Å². The van der Waals surface area contributed by atoms with Crippen molar-refractivity contribution in [3.05, 3.63) is 0 Å². The van der Waals surface area contributed by atoms with Crippen LogP contribution < -0.4 is 5.73 Å². The van der Waals surface area contributed by atoms with E-state index >= 15 is 0 Å². The molecule has 0 bridgehead atoms. The van der Waals surface area contributed by atoms with Crippen molar-refractivity contribution in [2.75, 3.05) is 14.1 Å². The molecular weight excluding hydrogens is 951 g/mol. The van der Waals surface area contributed by atoms with Gasteiger partial charge >= 0.3 is 18.0 Å². The fourth-order valence-corrected chi connectivity index (χ4v) is 10.6. The van der Waals surface area contributed by atoms with Crippen molar-refractivity contribution in [3.8, 4) is 0 Å². The van der Waals surface area contributed by atoms with Crippen molar-refractivity contribution in [1.29, 1.82) is 0 Å². The predicted molar refractivity (Wildman–Crippen MR) is 207 cm³/mol. The Morgan fingerprint density at radius 1 is 0.877 bits per heavy atom. The number of hydrogen-bond acceptors (Lipinski definition) is 13. The number of nitrogens with two attached hydrogens (primary N) is 1. The standard InChI is InChI=1S/C42H72N2O12.Ac/c1-16-29-42(13)31(24(6)37(48)55-42)23(5)32(45)20(2)18-41(12,56-39(43)49)35(54-38-22(4)28(44(14)15)17-21(3)50-38)25(7)33(26(8)36(47)52-29)53-30-19-40(10,11)34(46)27(9)51-30;/h20-31,33-35,38,46H,16-19H2,1-15H3,(H2,43,49);/t20-,21-,22-,23?,24?,25+,26-,27+,28+,29-,30+,31?,33+,34+,35-,38+,41-,42-;/m1./s1. The number of carbonyl (C=O) groups excluding carboxylic acids is 4. The molecule has 14 nitrogen and oxygen atoms in total. The zero-order valence-corrected chi connectivity index (χ0v) is 41.9. The van der Waals surface area contributed by atoms with Crippen LogP contribution in [0.1, 0.15) is 116 Å². The van der Waals surface area contributed by atoms with Gasteiger partial charge in [-0.3, -0.25) is 14.4 Å². The summed E-state index contributed by atoms with van der Waals surface area (Å²) < 4.78 is 45.1. The largest absolute Gasteiger partial charge is 0.458 e. The molecule has 4 aliphatic heterocycles. The number of aliphatic hydroxyl groups is 1. The molecule has 1 radical (unpaired) electrons. The van der Waals surface area contributed by atoms with Gasteiger partial charge in [-0.2, -0.15) is 0 Å². The summed E-state index contributed by atoms with van der Waals surface area (Å²) in [6.07, 6.45) is -5.74. The molecule has 0 aromatic rings. The number of hydrogen-bond donors (Lipinski definition) is 2. The summed E-state index contributed by atoms with van der Waals surface area (Å²) in [5.74, 6) is -5.84. The van der Waals surface area contributed by atoms with Crippen molar-refractivity contribution >= 4 is 23.8 Å². The third-order valence-corrected chi connectivity index (χ3v) is 13.7. The van der Waals surface area contributed by atoms with Gasteiger partial charge in [0.15, 0.2) is 18.2 Å². The van der Waals surface area contributed by atoms with Gasteiger partial charge in [0.1, 0.15) is 23.6 Å². The topological polar surface area (TPSA) is 182 Å². The number of cyclic esters (lactones) is 1. The van der Waals surface area contributed by atoms with Crippen molar-refractivity contribution in [2.24, 2.45) is 52.6 Å². The van der Waals surface area contributed by atoms with E-state index in [1.807, 2.05) is 55.6 Å². The second-order valence-electron chi connectivity index (χ2n) is 18.9. The summed E-state index contributed by atoms with van der Waals surface area (Å²) >= 11 is 0. The second kappa shape index (κ2) is 19.4. The average Bonchev–Trinajstić information content (AvgIpc) is 3.33. The van der Waals surface area contributed by atoms with Crippen LogP contribution in [0.3, 0.4) is 0 Å². The van der Waals surface area contributed by atoms with Crippen LogP contribution in [0, 0.1) is 90.9 Å². The van der Waals surface area contributed by atoms with E-state index in [2.05, 4.69) is 4.90 Å². The minimum Gasteiger partial charge on any atom is -0.458 e. The summed E-state index contributed by atoms with van der Waals surface area (Å²) in [7, 11) is 4.02. The molecule has 4 fully saturated rings. The Morgan fingerprint density at radius 2 is 1.49 bits per heavy atom. The van der Waals surface area contributed by atoms with Crippen LogP contribution >= 0.6 is 0 Å². The van der Waals surface area contributed by atoms with Gasteiger partial charge in [-0.15, -0.1) is 0 Å². The van der Waals surface area contributed by atoms with Gasteiger partial charge in [0.2, 0.25) is 0 Å². The molecule has 4 rings (SSSR count). The van der Waals surface area contributed by atoms with E-state index in [0.717, 1.165) is 6.42 Å². The maximum absolute atomic E-state index is 14.6. The number of nitrogens with zero attached hydrogens (tertiary/aromatic N) is 1. The first kappa shape index (κ1) is 50.4. The molecule has 325 valence electrons. The fourth-order valence-electron chi connectivity index (χ4n) is 10.6. The summed E-state index contributed by atoms with van der Waals surface area (Å²) in [6.45, 7) is 23.8. The molecule has 18 atom stereocenters. The van der Waals surface area contributed by atoms with Crippen LogP contribution in [0.5, 0.6) is 0 Å². The maximum Gasteiger partial charge on any atom is 0.405 e. The number of ether oxygens (including phenoxy) is 7. The predicted octanol–water partition coefficient (Wildman–Crippen LogP) is 5.24. The normalized spacial score (nSPS) is 45.9. The molecule has 57 heavy (non-hydrogen) atoms. The molecule has 0 aliphatic carbocycles. The molecule has 4 saturated heterocycles. The van der Waals surface area contributed by atoms with E-state index in [1.165, 1.54) is 0 Å². The van der Waals surface area contributed by atoms with Crippen molar-refractivity contribution < 1.29 is 102 Å². The Morgan fingerprint density at radius 3 is 2.04 bits per heavy atom. The Hall–Kier alpha value is -0.918. The Bertz CT molecular complexity index is 1430. The molecular formula is C42H72AcN2O12. The first-order chi connectivity index (χ1) is 25.8. The average molecular weight is 1020 g/mol. The third-order valence-electron chi connectivity index (χ3n) is 13.7. The number of primary amides is 1. The van der Waals surface area contributed by atoms with Crippen LogP contribution in [0.4, 0.5) is 4.79 Å². The van der Waals surface area contributed by atoms with E-state index in [4.69, 9.17) is 38.9 Å². The third kappa shape index (κ3) is 10.6. The zero-order valence-electron chi connectivity index (χ0n) is 37.1. The number of aliphatic hydroxyl groups excluding tert-OH is 1. The second-order valence-corrected chi connectivity index (χ2v) is 18.9. The van der Waals surface area contributed by atoms with Crippen molar-refractivity contribution in [2.45, 2.75) is 182 Å². The van der Waals surface area contributed by atoms with Gasteiger partial charge in [0, 0.05) is 86.1 Å². The number of fused-ring (bicyclic) bond motifs is 1. The van der Waals surface area contributed by atoms with Crippen LogP contribution in [-0.2, 0) is 47.5 Å². The van der Waals surface area contributed by atoms with Crippen LogP contribution in [0.15, 0.2) is 0 Å². The zero-order chi connectivity index (χ0) is 42.4.